The van der Waals surface area contributed by atoms with E-state index in [0.717, 1.165) is 40.8 Å². The molecule has 3 aromatic rings. The minimum absolute atomic E-state index is 0.00770. The van der Waals surface area contributed by atoms with E-state index < -0.39 is 10.0 Å². The molecule has 1 aliphatic heterocycles. The van der Waals surface area contributed by atoms with E-state index >= 15 is 0 Å². The number of carbonyl (C=O) groups is 1. The molecule has 1 aliphatic rings. The molecular weight excluding hydrogens is 473 g/mol. The lowest BCUT2D eigenvalue weighted by atomic mass is 9.99. The van der Waals surface area contributed by atoms with E-state index in [2.05, 4.69) is 27.0 Å². The molecule has 31 heavy (non-hydrogen) atoms. The summed E-state index contributed by atoms with van der Waals surface area (Å²) in [4.78, 5) is 14.0. The highest BCUT2D eigenvalue weighted by atomic mass is 32.2. The van der Waals surface area contributed by atoms with Crippen LogP contribution in [0.15, 0.2) is 40.1 Å². The molecule has 7 nitrogen and oxygen atoms in total. The van der Waals surface area contributed by atoms with Crippen molar-refractivity contribution in [3.05, 3.63) is 51.7 Å². The first-order chi connectivity index (χ1) is 14.9. The minimum atomic E-state index is -3.31. The van der Waals surface area contributed by atoms with Gasteiger partial charge in [0.2, 0.25) is 15.2 Å². The second-order valence-electron chi connectivity index (χ2n) is 7.12. The molecule has 0 aliphatic carbocycles. The van der Waals surface area contributed by atoms with Gasteiger partial charge in [-0.25, -0.2) is 8.42 Å². The minimum Gasteiger partial charge on any atom is -0.360 e. The average Bonchev–Trinajstić information content (AvgIpc) is 3.43. The van der Waals surface area contributed by atoms with Gasteiger partial charge in [-0.3, -0.25) is 9.10 Å². The summed E-state index contributed by atoms with van der Waals surface area (Å²) in [7, 11) is -3.31. The van der Waals surface area contributed by atoms with Crippen molar-refractivity contribution in [2.45, 2.75) is 23.6 Å². The quantitative estimate of drug-likeness (QED) is 0.356. The van der Waals surface area contributed by atoms with E-state index in [0.29, 0.717) is 17.8 Å². The van der Waals surface area contributed by atoms with Gasteiger partial charge in [0, 0.05) is 23.5 Å². The molecular formula is C20H22N4O3S4. The Balaban J connectivity index is 1.32. The number of nitrogens with one attached hydrogen (secondary N) is 1. The van der Waals surface area contributed by atoms with Crippen molar-refractivity contribution in [1.29, 1.82) is 0 Å². The number of nitrogens with zero attached hydrogens (tertiary/aromatic N) is 3. The number of aryl methyl sites for hydroxylation is 1. The Morgan fingerprint density at radius 1 is 1.29 bits per heavy atom. The molecule has 4 rings (SSSR count). The summed E-state index contributed by atoms with van der Waals surface area (Å²) in [6.45, 7) is 1.27. The zero-order valence-electron chi connectivity index (χ0n) is 16.9. The summed E-state index contributed by atoms with van der Waals surface area (Å²) in [5.74, 6) is 0.255. The lowest BCUT2D eigenvalue weighted by Gasteiger charge is -2.29. The fourth-order valence-electron chi connectivity index (χ4n) is 3.38. The van der Waals surface area contributed by atoms with Crippen molar-refractivity contribution in [3.63, 3.8) is 0 Å². The zero-order chi connectivity index (χ0) is 21.8. The third-order valence-corrected chi connectivity index (χ3v) is 8.97. The fraction of sp³-hybridized carbons (Fsp3) is 0.350. The second kappa shape index (κ2) is 9.68. The van der Waals surface area contributed by atoms with Gasteiger partial charge in [0.25, 0.3) is 0 Å². The number of ketones is 1. The van der Waals surface area contributed by atoms with Crippen LogP contribution < -0.4 is 9.62 Å². The van der Waals surface area contributed by atoms with E-state index in [4.69, 9.17) is 0 Å². The molecule has 0 atom stereocenters. The van der Waals surface area contributed by atoms with Gasteiger partial charge in [-0.05, 0) is 54.5 Å². The summed E-state index contributed by atoms with van der Waals surface area (Å²) >= 11 is 4.54. The van der Waals surface area contributed by atoms with Crippen LogP contribution in [0, 0.1) is 0 Å². The monoisotopic (exact) mass is 494 g/mol. The van der Waals surface area contributed by atoms with Crippen molar-refractivity contribution in [1.82, 2.24) is 10.2 Å². The molecule has 2 aromatic heterocycles. The van der Waals surface area contributed by atoms with Crippen LogP contribution in [0.1, 0.15) is 27.2 Å². The van der Waals surface area contributed by atoms with Crippen LogP contribution in [0.3, 0.4) is 0 Å². The number of anilines is 2. The Bertz CT molecular complexity index is 1160. The first-order valence-corrected chi connectivity index (χ1v) is 14.3. The lowest BCUT2D eigenvalue weighted by Crippen LogP contribution is -2.34. The number of hydrogen-bond acceptors (Lipinski definition) is 9. The van der Waals surface area contributed by atoms with Crippen LogP contribution in [0.25, 0.3) is 0 Å². The first-order valence-electron chi connectivity index (χ1n) is 9.76. The van der Waals surface area contributed by atoms with E-state index in [1.165, 1.54) is 38.5 Å². The van der Waals surface area contributed by atoms with E-state index in [1.807, 2.05) is 12.1 Å². The van der Waals surface area contributed by atoms with E-state index in [9.17, 15) is 13.2 Å². The number of benzene rings is 1. The van der Waals surface area contributed by atoms with Crippen molar-refractivity contribution in [2.75, 3.05) is 34.7 Å². The maximum absolute atomic E-state index is 12.7. The van der Waals surface area contributed by atoms with Crippen LogP contribution in [0.4, 0.5) is 10.8 Å². The highest BCUT2D eigenvalue weighted by Gasteiger charge is 2.24. The van der Waals surface area contributed by atoms with Gasteiger partial charge in [0.1, 0.15) is 0 Å². The number of aromatic nitrogens is 2. The van der Waals surface area contributed by atoms with Crippen molar-refractivity contribution in [2.24, 2.45) is 0 Å². The molecule has 0 fully saturated rings. The highest BCUT2D eigenvalue weighted by Crippen LogP contribution is 2.31. The maximum atomic E-state index is 12.7. The lowest BCUT2D eigenvalue weighted by molar-refractivity contribution is 0.102. The SMILES string of the molecule is CS(=O)(=O)N1CCCc2cc(C(=O)CSc3nnc(NCCc4cccs4)s3)ccc21. The summed E-state index contributed by atoms with van der Waals surface area (Å²) in [5, 5.41) is 14.4. The summed E-state index contributed by atoms with van der Waals surface area (Å²) in [6.07, 6.45) is 3.67. The maximum Gasteiger partial charge on any atom is 0.232 e. The Morgan fingerprint density at radius 3 is 2.94 bits per heavy atom. The number of Topliss-reactive ketones (excluding diaryl/α,β-unsaturated/α-hetero) is 1. The smallest absolute Gasteiger partial charge is 0.232 e. The van der Waals surface area contributed by atoms with Crippen LogP contribution in [0.2, 0.25) is 0 Å². The Hall–Kier alpha value is -1.95. The molecule has 0 saturated carbocycles. The molecule has 0 amide bonds. The third-order valence-electron chi connectivity index (χ3n) is 4.84. The van der Waals surface area contributed by atoms with Gasteiger partial charge in [-0.15, -0.1) is 21.5 Å². The van der Waals surface area contributed by atoms with E-state index in [-0.39, 0.29) is 11.5 Å². The fourth-order valence-corrected chi connectivity index (χ4v) is 6.76. The van der Waals surface area contributed by atoms with Crippen LogP contribution in [-0.4, -0.2) is 49.5 Å². The number of carbonyl (C=O) groups excluding carboxylic acids is 1. The molecule has 0 bridgehead atoms. The van der Waals surface area contributed by atoms with Gasteiger partial charge in [-0.2, -0.15) is 0 Å². The third kappa shape index (κ3) is 5.65. The summed E-state index contributed by atoms with van der Waals surface area (Å²) in [6, 6.07) is 9.43. The predicted molar refractivity (Wildman–Crippen MR) is 128 cm³/mol. The number of fused-ring (bicyclic) bond motifs is 1. The van der Waals surface area contributed by atoms with E-state index in [1.54, 1.807) is 23.5 Å². The van der Waals surface area contributed by atoms with Gasteiger partial charge >= 0.3 is 0 Å². The molecule has 1 aromatic carbocycles. The van der Waals surface area contributed by atoms with Crippen molar-refractivity contribution in [3.8, 4) is 0 Å². The largest absolute Gasteiger partial charge is 0.360 e. The van der Waals surface area contributed by atoms with Crippen molar-refractivity contribution >= 4 is 61.1 Å². The van der Waals surface area contributed by atoms with Crippen LogP contribution in [0.5, 0.6) is 0 Å². The molecule has 11 heteroatoms. The second-order valence-corrected chi connectivity index (χ2v) is 12.3. The first kappa shape index (κ1) is 22.3. The molecule has 0 radical (unpaired) electrons. The van der Waals surface area contributed by atoms with Gasteiger partial charge in [0.15, 0.2) is 10.1 Å². The summed E-state index contributed by atoms with van der Waals surface area (Å²) < 4.78 is 26.2. The number of hydrogen-bond donors (Lipinski definition) is 1. The molecule has 0 saturated heterocycles. The standard InChI is InChI=1S/C20H22N4O3S4/c1-31(26,27)24-10-2-4-14-12-15(6-7-17(14)24)18(25)13-29-20-23-22-19(30-20)21-9-8-16-5-3-11-28-16/h3,5-7,11-12H,2,4,8-10,13H2,1H3,(H,21,22). The normalized spacial score (nSPS) is 13.8. The van der Waals surface area contributed by atoms with Gasteiger partial charge in [-0.1, -0.05) is 29.2 Å². The molecule has 0 spiro atoms. The summed E-state index contributed by atoms with van der Waals surface area (Å²) in [5.41, 5.74) is 2.18. The molecule has 3 heterocycles. The predicted octanol–water partition coefficient (Wildman–Crippen LogP) is 3.94. The highest BCUT2D eigenvalue weighted by molar-refractivity contribution is 8.01. The topological polar surface area (TPSA) is 92.3 Å². The van der Waals surface area contributed by atoms with Crippen LogP contribution in [-0.2, 0) is 22.9 Å². The Kier molecular flexibility index (Phi) is 6.95. The van der Waals surface area contributed by atoms with Crippen LogP contribution >= 0.6 is 34.4 Å². The number of sulfonamides is 1. The molecule has 1 N–H and O–H groups in total. The number of rotatable bonds is 9. The zero-order valence-corrected chi connectivity index (χ0v) is 20.2. The van der Waals surface area contributed by atoms with Gasteiger partial charge in [0.05, 0.1) is 17.7 Å². The average molecular weight is 495 g/mol. The Labute approximate surface area is 194 Å². The Morgan fingerprint density at radius 2 is 2.16 bits per heavy atom. The van der Waals surface area contributed by atoms with Crippen molar-refractivity contribution < 1.29 is 13.2 Å². The van der Waals surface area contributed by atoms with Gasteiger partial charge < -0.3 is 5.32 Å². The molecule has 164 valence electrons. The number of thiophene rings is 1. The molecule has 0 unspecified atom stereocenters. The number of thioether (sulfide) groups is 1.